The Bertz CT molecular complexity index is 736. The van der Waals surface area contributed by atoms with Gasteiger partial charge in [0.15, 0.2) is 0 Å². The van der Waals surface area contributed by atoms with Crippen LogP contribution in [-0.2, 0) is 0 Å². The van der Waals surface area contributed by atoms with Crippen molar-refractivity contribution in [2.45, 2.75) is 0 Å². The number of aromatic nitrogens is 2. The minimum Gasteiger partial charge on any atom is -0.397 e. The number of fused-ring (bicyclic) bond motifs is 1. The van der Waals surface area contributed by atoms with Crippen LogP contribution in [0.15, 0.2) is 40.9 Å². The van der Waals surface area contributed by atoms with Crippen molar-refractivity contribution >= 4 is 32.7 Å². The van der Waals surface area contributed by atoms with Crippen molar-refractivity contribution in [3.63, 3.8) is 0 Å². The summed E-state index contributed by atoms with van der Waals surface area (Å²) in [6.07, 6.45) is 0. The van der Waals surface area contributed by atoms with Crippen molar-refractivity contribution < 1.29 is 4.39 Å². The molecule has 0 saturated heterocycles. The summed E-state index contributed by atoms with van der Waals surface area (Å²) in [4.78, 5) is 7.41. The topological polar surface area (TPSA) is 54.7 Å². The standard InChI is InChI=1S/C13H9BrFN3/c14-7-4-5-9(15)8(6-7)13-17-11-3-1-2-10(16)12(11)18-13/h1-6H,16H2,(H,17,18). The Morgan fingerprint density at radius 3 is 2.83 bits per heavy atom. The van der Waals surface area contributed by atoms with Crippen LogP contribution in [0.4, 0.5) is 10.1 Å². The highest BCUT2D eigenvalue weighted by atomic mass is 79.9. The van der Waals surface area contributed by atoms with Gasteiger partial charge in [0, 0.05) is 4.47 Å². The molecular formula is C13H9BrFN3. The van der Waals surface area contributed by atoms with Crippen molar-refractivity contribution in [1.82, 2.24) is 9.97 Å². The molecule has 0 aliphatic carbocycles. The Kier molecular flexibility index (Phi) is 2.56. The van der Waals surface area contributed by atoms with Gasteiger partial charge in [0.2, 0.25) is 0 Å². The molecule has 0 saturated carbocycles. The highest BCUT2D eigenvalue weighted by Gasteiger charge is 2.11. The summed E-state index contributed by atoms with van der Waals surface area (Å²) in [7, 11) is 0. The molecule has 0 spiro atoms. The summed E-state index contributed by atoms with van der Waals surface area (Å²) in [5, 5.41) is 0. The highest BCUT2D eigenvalue weighted by molar-refractivity contribution is 9.10. The van der Waals surface area contributed by atoms with E-state index < -0.39 is 0 Å². The molecule has 3 N–H and O–H groups in total. The van der Waals surface area contributed by atoms with Gasteiger partial charge in [-0.3, -0.25) is 0 Å². The van der Waals surface area contributed by atoms with E-state index in [1.165, 1.54) is 6.07 Å². The van der Waals surface area contributed by atoms with Crippen LogP contribution in [0, 0.1) is 5.82 Å². The van der Waals surface area contributed by atoms with E-state index in [2.05, 4.69) is 25.9 Å². The number of imidazole rings is 1. The number of benzene rings is 2. The maximum absolute atomic E-state index is 13.8. The molecule has 1 heterocycles. The second kappa shape index (κ2) is 4.10. The zero-order valence-electron chi connectivity index (χ0n) is 9.24. The maximum Gasteiger partial charge on any atom is 0.141 e. The quantitative estimate of drug-likeness (QED) is 0.673. The summed E-state index contributed by atoms with van der Waals surface area (Å²) in [5.41, 5.74) is 8.28. The number of H-pyrrole nitrogens is 1. The molecule has 0 aliphatic rings. The van der Waals surface area contributed by atoms with Gasteiger partial charge in [0.25, 0.3) is 0 Å². The van der Waals surface area contributed by atoms with Crippen LogP contribution in [0.2, 0.25) is 0 Å². The smallest absolute Gasteiger partial charge is 0.141 e. The molecular weight excluding hydrogens is 297 g/mol. The van der Waals surface area contributed by atoms with Crippen molar-refractivity contribution in [2.75, 3.05) is 5.73 Å². The van der Waals surface area contributed by atoms with Gasteiger partial charge in [-0.2, -0.15) is 0 Å². The van der Waals surface area contributed by atoms with Gasteiger partial charge >= 0.3 is 0 Å². The first-order chi connectivity index (χ1) is 8.65. The molecule has 3 rings (SSSR count). The Labute approximate surface area is 111 Å². The normalized spacial score (nSPS) is 11.0. The van der Waals surface area contributed by atoms with Crippen molar-refractivity contribution in [3.8, 4) is 11.4 Å². The SMILES string of the molecule is Nc1cccc2[nH]c(-c3cc(Br)ccc3F)nc12. The number of nitrogens with two attached hydrogens (primary N) is 1. The van der Waals surface area contributed by atoms with Crippen LogP contribution in [0.1, 0.15) is 0 Å². The molecule has 3 nitrogen and oxygen atoms in total. The molecule has 18 heavy (non-hydrogen) atoms. The van der Waals surface area contributed by atoms with Gasteiger partial charge in [0.05, 0.1) is 16.8 Å². The number of aromatic amines is 1. The van der Waals surface area contributed by atoms with E-state index in [1.54, 1.807) is 18.2 Å². The number of anilines is 1. The lowest BCUT2D eigenvalue weighted by Crippen LogP contribution is -1.87. The average molecular weight is 306 g/mol. The number of nitrogens with one attached hydrogen (secondary N) is 1. The monoisotopic (exact) mass is 305 g/mol. The van der Waals surface area contributed by atoms with Gasteiger partial charge in [-0.25, -0.2) is 9.37 Å². The summed E-state index contributed by atoms with van der Waals surface area (Å²) in [6, 6.07) is 10.2. The lowest BCUT2D eigenvalue weighted by molar-refractivity contribution is 0.630. The predicted molar refractivity (Wildman–Crippen MR) is 73.6 cm³/mol. The number of hydrogen-bond acceptors (Lipinski definition) is 2. The molecule has 3 aromatic rings. The summed E-state index contributed by atoms with van der Waals surface area (Å²) < 4.78 is 14.6. The molecule has 0 fully saturated rings. The fourth-order valence-corrected chi connectivity index (χ4v) is 2.22. The van der Waals surface area contributed by atoms with Crippen molar-refractivity contribution in [2.24, 2.45) is 0 Å². The Hall–Kier alpha value is -1.88. The van der Waals surface area contributed by atoms with E-state index in [0.717, 1.165) is 9.99 Å². The predicted octanol–water partition coefficient (Wildman–Crippen LogP) is 3.71. The van der Waals surface area contributed by atoms with E-state index in [-0.39, 0.29) is 5.82 Å². The number of halogens is 2. The minimum atomic E-state index is -0.323. The lowest BCUT2D eigenvalue weighted by atomic mass is 10.2. The van der Waals surface area contributed by atoms with E-state index in [1.807, 2.05) is 12.1 Å². The first-order valence-electron chi connectivity index (χ1n) is 5.35. The molecule has 0 bridgehead atoms. The number of nitrogens with zero attached hydrogens (tertiary/aromatic N) is 1. The van der Waals surface area contributed by atoms with Crippen LogP contribution >= 0.6 is 15.9 Å². The van der Waals surface area contributed by atoms with Gasteiger partial charge < -0.3 is 10.7 Å². The maximum atomic E-state index is 13.8. The molecule has 1 aromatic heterocycles. The largest absolute Gasteiger partial charge is 0.397 e. The molecule has 0 amide bonds. The lowest BCUT2D eigenvalue weighted by Gasteiger charge is -1.99. The van der Waals surface area contributed by atoms with E-state index >= 15 is 0 Å². The van der Waals surface area contributed by atoms with Crippen LogP contribution in [0.3, 0.4) is 0 Å². The Morgan fingerprint density at radius 1 is 1.22 bits per heavy atom. The van der Waals surface area contributed by atoms with Crippen LogP contribution in [-0.4, -0.2) is 9.97 Å². The van der Waals surface area contributed by atoms with E-state index in [9.17, 15) is 4.39 Å². The fourth-order valence-electron chi connectivity index (χ4n) is 1.86. The molecule has 2 aromatic carbocycles. The minimum absolute atomic E-state index is 0.323. The third-order valence-corrected chi connectivity index (χ3v) is 3.22. The van der Waals surface area contributed by atoms with Crippen LogP contribution in [0.25, 0.3) is 22.4 Å². The number of rotatable bonds is 1. The third-order valence-electron chi connectivity index (χ3n) is 2.73. The van der Waals surface area contributed by atoms with E-state index in [4.69, 9.17) is 5.73 Å². The van der Waals surface area contributed by atoms with Crippen LogP contribution < -0.4 is 5.73 Å². The average Bonchev–Trinajstić information content (AvgIpc) is 2.77. The summed E-state index contributed by atoms with van der Waals surface area (Å²) >= 11 is 3.32. The fraction of sp³-hybridized carbons (Fsp3) is 0. The van der Waals surface area contributed by atoms with Crippen molar-refractivity contribution in [1.29, 1.82) is 0 Å². The third kappa shape index (κ3) is 1.76. The second-order valence-corrected chi connectivity index (χ2v) is 4.87. The Balaban J connectivity index is 2.26. The van der Waals surface area contributed by atoms with Gasteiger partial charge in [0.1, 0.15) is 17.2 Å². The zero-order valence-corrected chi connectivity index (χ0v) is 10.8. The molecule has 5 heteroatoms. The molecule has 90 valence electrons. The van der Waals surface area contributed by atoms with Gasteiger partial charge in [-0.05, 0) is 30.3 Å². The molecule has 0 unspecified atom stereocenters. The summed E-state index contributed by atoms with van der Waals surface area (Å²) in [6.45, 7) is 0. The molecule has 0 atom stereocenters. The summed E-state index contributed by atoms with van der Waals surface area (Å²) in [5.74, 6) is 0.150. The highest BCUT2D eigenvalue weighted by Crippen LogP contribution is 2.27. The van der Waals surface area contributed by atoms with Gasteiger partial charge in [-0.1, -0.05) is 22.0 Å². The number of nitrogen functional groups attached to an aromatic ring is 1. The van der Waals surface area contributed by atoms with Gasteiger partial charge in [-0.15, -0.1) is 0 Å². The number of hydrogen-bond donors (Lipinski definition) is 2. The molecule has 0 radical (unpaired) electrons. The van der Waals surface area contributed by atoms with Crippen molar-refractivity contribution in [3.05, 3.63) is 46.7 Å². The first kappa shape index (κ1) is 11.2. The second-order valence-electron chi connectivity index (χ2n) is 3.95. The van der Waals surface area contributed by atoms with Crippen LogP contribution in [0.5, 0.6) is 0 Å². The first-order valence-corrected chi connectivity index (χ1v) is 6.14. The Morgan fingerprint density at radius 2 is 2.06 bits per heavy atom. The number of para-hydroxylation sites is 1. The molecule has 0 aliphatic heterocycles. The zero-order chi connectivity index (χ0) is 12.7. The van der Waals surface area contributed by atoms with E-state index in [0.29, 0.717) is 22.6 Å².